The number of ether oxygens (including phenoxy) is 2. The van der Waals surface area contributed by atoms with E-state index in [1.807, 2.05) is 24.3 Å². The summed E-state index contributed by atoms with van der Waals surface area (Å²) in [5.74, 6) is 1.54. The van der Waals surface area contributed by atoms with Crippen molar-refractivity contribution in [3.63, 3.8) is 0 Å². The maximum absolute atomic E-state index is 12.4. The number of carbonyl (C=O) groups excluding carboxylic acids is 1. The molecule has 2 aromatic carbocycles. The van der Waals surface area contributed by atoms with Crippen LogP contribution in [0.2, 0.25) is 0 Å². The van der Waals surface area contributed by atoms with Gasteiger partial charge in [0.05, 0.1) is 20.0 Å². The summed E-state index contributed by atoms with van der Waals surface area (Å²) in [4.78, 5) is 22.3. The van der Waals surface area contributed by atoms with Crippen molar-refractivity contribution in [3.05, 3.63) is 66.0 Å². The third kappa shape index (κ3) is 6.14. The van der Waals surface area contributed by atoms with Crippen LogP contribution in [0.4, 0.5) is 0 Å². The quantitative estimate of drug-likeness (QED) is 0.495. The van der Waals surface area contributed by atoms with Crippen LogP contribution in [-0.4, -0.2) is 35.8 Å². The minimum Gasteiger partial charge on any atom is -0.497 e. The molecule has 0 saturated heterocycles. The molecule has 0 bridgehead atoms. The van der Waals surface area contributed by atoms with Gasteiger partial charge in [-0.05, 0) is 36.2 Å². The lowest BCUT2D eigenvalue weighted by Crippen LogP contribution is -2.24. The number of carbonyl (C=O) groups is 1. The molecule has 0 spiro atoms. The molecular formula is C22H23N3O3S2. The Hall–Kier alpha value is -2.71. The van der Waals surface area contributed by atoms with Crippen LogP contribution in [0.15, 0.2) is 69.8 Å². The summed E-state index contributed by atoms with van der Waals surface area (Å²) in [5, 5.41) is 4.46. The molecule has 3 rings (SSSR count). The summed E-state index contributed by atoms with van der Waals surface area (Å²) in [6, 6.07) is 13.7. The molecule has 0 radical (unpaired) electrons. The van der Waals surface area contributed by atoms with E-state index < -0.39 is 0 Å². The Bertz CT molecular complexity index is 992. The van der Waals surface area contributed by atoms with E-state index >= 15 is 0 Å². The monoisotopic (exact) mass is 441 g/mol. The van der Waals surface area contributed by atoms with Gasteiger partial charge in [-0.3, -0.25) is 4.79 Å². The van der Waals surface area contributed by atoms with Gasteiger partial charge in [-0.2, -0.15) is 0 Å². The summed E-state index contributed by atoms with van der Waals surface area (Å²) < 4.78 is 10.5. The lowest BCUT2D eigenvalue weighted by atomic mass is 10.2. The molecule has 3 aromatic rings. The maximum atomic E-state index is 12.4. The SMILES string of the molecule is COc1cc(CNC(=O)CSc2nccnc2Sc2ccccc2C)cc(OC)c1. The first kappa shape index (κ1) is 22.0. The van der Waals surface area contributed by atoms with Crippen molar-refractivity contribution in [2.45, 2.75) is 28.4 Å². The minimum atomic E-state index is -0.0840. The van der Waals surface area contributed by atoms with E-state index in [1.165, 1.54) is 17.3 Å². The molecule has 0 fully saturated rings. The van der Waals surface area contributed by atoms with Crippen molar-refractivity contribution in [3.8, 4) is 11.5 Å². The number of benzene rings is 2. The average molecular weight is 442 g/mol. The Morgan fingerprint density at radius 3 is 2.33 bits per heavy atom. The van der Waals surface area contributed by atoms with Crippen LogP contribution in [0.1, 0.15) is 11.1 Å². The molecule has 0 saturated carbocycles. The Morgan fingerprint density at radius 2 is 1.67 bits per heavy atom. The molecule has 1 N–H and O–H groups in total. The van der Waals surface area contributed by atoms with E-state index in [-0.39, 0.29) is 11.7 Å². The lowest BCUT2D eigenvalue weighted by Gasteiger charge is -2.10. The predicted molar refractivity (Wildman–Crippen MR) is 119 cm³/mol. The van der Waals surface area contributed by atoms with Gasteiger partial charge < -0.3 is 14.8 Å². The molecule has 0 atom stereocenters. The number of nitrogens with one attached hydrogen (secondary N) is 1. The first-order chi connectivity index (χ1) is 14.6. The van der Waals surface area contributed by atoms with E-state index in [0.717, 1.165) is 20.5 Å². The molecule has 1 aromatic heterocycles. The summed E-state index contributed by atoms with van der Waals surface area (Å²) in [5.41, 5.74) is 2.08. The average Bonchev–Trinajstić information content (AvgIpc) is 2.78. The maximum Gasteiger partial charge on any atom is 0.230 e. The molecule has 8 heteroatoms. The van der Waals surface area contributed by atoms with E-state index in [1.54, 1.807) is 44.4 Å². The zero-order valence-corrected chi connectivity index (χ0v) is 18.7. The zero-order valence-electron chi connectivity index (χ0n) is 17.0. The Kier molecular flexibility index (Phi) is 7.98. The van der Waals surface area contributed by atoms with Crippen LogP contribution in [0.3, 0.4) is 0 Å². The van der Waals surface area contributed by atoms with Crippen LogP contribution in [0.25, 0.3) is 0 Å². The van der Waals surface area contributed by atoms with Gasteiger partial charge in [0, 0.05) is 29.9 Å². The molecule has 6 nitrogen and oxygen atoms in total. The fourth-order valence-corrected chi connectivity index (χ4v) is 4.43. The molecule has 0 unspecified atom stereocenters. The number of nitrogens with zero attached hydrogens (tertiary/aromatic N) is 2. The molecule has 0 aliphatic heterocycles. The van der Waals surface area contributed by atoms with Gasteiger partial charge in [0.2, 0.25) is 5.91 Å². The van der Waals surface area contributed by atoms with Crippen LogP contribution in [-0.2, 0) is 11.3 Å². The zero-order chi connectivity index (χ0) is 21.3. The van der Waals surface area contributed by atoms with Gasteiger partial charge in [0.1, 0.15) is 21.6 Å². The molecule has 1 heterocycles. The Labute approximate surface area is 184 Å². The highest BCUT2D eigenvalue weighted by atomic mass is 32.2. The smallest absolute Gasteiger partial charge is 0.230 e. The van der Waals surface area contributed by atoms with Gasteiger partial charge >= 0.3 is 0 Å². The second-order valence-corrected chi connectivity index (χ2v) is 8.32. The number of aryl methyl sites for hydroxylation is 1. The largest absolute Gasteiger partial charge is 0.497 e. The highest BCUT2D eigenvalue weighted by Crippen LogP contribution is 2.34. The second-order valence-electron chi connectivity index (χ2n) is 6.32. The molecule has 156 valence electrons. The van der Waals surface area contributed by atoms with Crippen molar-refractivity contribution in [1.29, 1.82) is 0 Å². The van der Waals surface area contributed by atoms with Gasteiger partial charge in [-0.25, -0.2) is 9.97 Å². The van der Waals surface area contributed by atoms with E-state index in [9.17, 15) is 4.79 Å². The first-order valence-corrected chi connectivity index (χ1v) is 11.0. The first-order valence-electron chi connectivity index (χ1n) is 9.25. The predicted octanol–water partition coefficient (Wildman–Crippen LogP) is 4.36. The summed E-state index contributed by atoms with van der Waals surface area (Å²) in [6.07, 6.45) is 3.31. The van der Waals surface area contributed by atoms with Crippen LogP contribution in [0.5, 0.6) is 11.5 Å². The fraction of sp³-hybridized carbons (Fsp3) is 0.227. The highest BCUT2D eigenvalue weighted by Gasteiger charge is 2.12. The summed E-state index contributed by atoms with van der Waals surface area (Å²) in [6.45, 7) is 2.45. The number of rotatable bonds is 9. The Morgan fingerprint density at radius 1 is 1.00 bits per heavy atom. The van der Waals surface area contributed by atoms with Gasteiger partial charge in [0.25, 0.3) is 0 Å². The standard InChI is InChI=1S/C22H23N3O3S2/c1-15-6-4-5-7-19(15)30-22-21(23-8-9-24-22)29-14-20(26)25-13-16-10-17(27-2)12-18(11-16)28-3/h4-12H,13-14H2,1-3H3,(H,25,26). The van der Waals surface area contributed by atoms with Crippen molar-refractivity contribution in [1.82, 2.24) is 15.3 Å². The minimum absolute atomic E-state index is 0.0840. The van der Waals surface area contributed by atoms with E-state index in [2.05, 4.69) is 34.3 Å². The highest BCUT2D eigenvalue weighted by molar-refractivity contribution is 8.02. The van der Waals surface area contributed by atoms with E-state index in [0.29, 0.717) is 18.0 Å². The van der Waals surface area contributed by atoms with Crippen molar-refractivity contribution < 1.29 is 14.3 Å². The van der Waals surface area contributed by atoms with Crippen LogP contribution < -0.4 is 14.8 Å². The van der Waals surface area contributed by atoms with Gasteiger partial charge in [-0.15, -0.1) is 0 Å². The van der Waals surface area contributed by atoms with Crippen molar-refractivity contribution >= 4 is 29.4 Å². The van der Waals surface area contributed by atoms with Crippen molar-refractivity contribution in [2.24, 2.45) is 0 Å². The molecule has 0 aliphatic rings. The number of aromatic nitrogens is 2. The summed E-state index contributed by atoms with van der Waals surface area (Å²) >= 11 is 2.93. The van der Waals surface area contributed by atoms with Crippen LogP contribution in [0, 0.1) is 6.92 Å². The second kappa shape index (κ2) is 10.9. The lowest BCUT2D eigenvalue weighted by molar-refractivity contribution is -0.118. The number of hydrogen-bond donors (Lipinski definition) is 1. The third-order valence-corrected chi connectivity index (χ3v) is 6.45. The van der Waals surface area contributed by atoms with Gasteiger partial charge in [0.15, 0.2) is 0 Å². The third-order valence-electron chi connectivity index (χ3n) is 4.17. The number of hydrogen-bond acceptors (Lipinski definition) is 7. The number of thioether (sulfide) groups is 1. The number of amides is 1. The van der Waals surface area contributed by atoms with Gasteiger partial charge in [-0.1, -0.05) is 41.7 Å². The Balaban J connectivity index is 1.58. The van der Waals surface area contributed by atoms with Crippen LogP contribution >= 0.6 is 23.5 Å². The van der Waals surface area contributed by atoms with E-state index in [4.69, 9.17) is 9.47 Å². The molecule has 0 aliphatic carbocycles. The summed E-state index contributed by atoms with van der Waals surface area (Å²) in [7, 11) is 3.20. The topological polar surface area (TPSA) is 73.3 Å². The van der Waals surface area contributed by atoms with Crippen molar-refractivity contribution in [2.75, 3.05) is 20.0 Å². The number of methoxy groups -OCH3 is 2. The normalized spacial score (nSPS) is 10.5. The molecular weight excluding hydrogens is 418 g/mol. The fourth-order valence-electron chi connectivity index (χ4n) is 2.61. The molecule has 1 amide bonds. The molecule has 30 heavy (non-hydrogen) atoms.